The Labute approximate surface area is 268 Å². The van der Waals surface area contributed by atoms with Gasteiger partial charge in [-0.1, -0.05) is 79.8 Å². The Hall–Kier alpha value is -3.91. The molecule has 2 saturated heterocycles. The number of nitrogens with zero attached hydrogens (tertiary/aromatic N) is 5. The third-order valence-electron chi connectivity index (χ3n) is 8.15. The molecule has 2 aromatic carbocycles. The first-order valence-electron chi connectivity index (χ1n) is 14.9. The van der Waals surface area contributed by atoms with Gasteiger partial charge >= 0.3 is 0 Å². The van der Waals surface area contributed by atoms with Gasteiger partial charge in [-0.05, 0) is 48.2 Å². The number of hydrogen-bond donors (Lipinski definition) is 0. The Balaban J connectivity index is 1.49. The lowest BCUT2D eigenvalue weighted by Gasteiger charge is -2.38. The number of unbranched alkanes of at least 4 members (excludes halogenated alkanes) is 1. The molecule has 8 nitrogen and oxygen atoms in total. The molecule has 44 heavy (non-hydrogen) atoms. The topological polar surface area (TPSA) is 81.8 Å². The number of rotatable bonds is 10. The fourth-order valence-electron chi connectivity index (χ4n) is 5.65. The Bertz CT molecular complexity index is 1650. The summed E-state index contributed by atoms with van der Waals surface area (Å²) in [5.41, 5.74) is 3.38. The van der Waals surface area contributed by atoms with Gasteiger partial charge in [0.25, 0.3) is 11.5 Å². The highest BCUT2D eigenvalue weighted by atomic mass is 32.2. The van der Waals surface area contributed by atoms with Crippen LogP contribution in [0.5, 0.6) is 5.75 Å². The molecule has 0 radical (unpaired) electrons. The number of anilines is 1. The van der Waals surface area contributed by atoms with Crippen molar-refractivity contribution < 1.29 is 9.53 Å². The van der Waals surface area contributed by atoms with Crippen molar-refractivity contribution in [3.05, 3.63) is 97.7 Å². The minimum absolute atomic E-state index is 0.118. The normalized spacial score (nSPS) is 16.5. The van der Waals surface area contributed by atoms with E-state index in [-0.39, 0.29) is 17.0 Å². The van der Waals surface area contributed by atoms with E-state index in [1.807, 2.05) is 43.3 Å². The van der Waals surface area contributed by atoms with Crippen LogP contribution in [-0.2, 0) is 24.4 Å². The largest absolute Gasteiger partial charge is 0.497 e. The second-order valence-electron chi connectivity index (χ2n) is 11.0. The number of pyridine rings is 1. The zero-order valence-corrected chi connectivity index (χ0v) is 27.0. The van der Waals surface area contributed by atoms with E-state index in [4.69, 9.17) is 17.0 Å². The highest BCUT2D eigenvalue weighted by molar-refractivity contribution is 8.26. The Morgan fingerprint density at radius 3 is 2.32 bits per heavy atom. The molecule has 0 spiro atoms. The van der Waals surface area contributed by atoms with Crippen molar-refractivity contribution in [2.45, 2.75) is 46.3 Å². The summed E-state index contributed by atoms with van der Waals surface area (Å²) in [5.74, 6) is 1.34. The van der Waals surface area contributed by atoms with Gasteiger partial charge in [-0.15, -0.1) is 0 Å². The zero-order valence-electron chi connectivity index (χ0n) is 25.4. The van der Waals surface area contributed by atoms with E-state index in [0.717, 1.165) is 68.3 Å². The first-order chi connectivity index (χ1) is 21.3. The van der Waals surface area contributed by atoms with Gasteiger partial charge < -0.3 is 9.64 Å². The predicted molar refractivity (Wildman–Crippen MR) is 181 cm³/mol. The van der Waals surface area contributed by atoms with Crippen molar-refractivity contribution in [2.75, 3.05) is 38.2 Å². The molecule has 0 saturated carbocycles. The van der Waals surface area contributed by atoms with Crippen molar-refractivity contribution in [1.82, 2.24) is 14.4 Å². The van der Waals surface area contributed by atoms with Crippen molar-refractivity contribution in [3.63, 3.8) is 0 Å². The molecule has 0 bridgehead atoms. The van der Waals surface area contributed by atoms with Crippen LogP contribution in [-0.4, -0.2) is 57.9 Å². The van der Waals surface area contributed by atoms with Crippen LogP contribution in [0.1, 0.15) is 47.6 Å². The molecule has 228 valence electrons. The maximum Gasteiger partial charge on any atom is 0.270 e. The van der Waals surface area contributed by atoms with Crippen molar-refractivity contribution in [1.29, 1.82) is 5.26 Å². The number of thioether (sulfide) groups is 1. The monoisotopic (exact) mass is 627 g/mol. The van der Waals surface area contributed by atoms with Crippen molar-refractivity contribution in [2.24, 2.45) is 0 Å². The number of carbonyl (C=O) groups is 1. The molecule has 2 aliphatic heterocycles. The molecule has 3 heterocycles. The fraction of sp³-hybridized carbons (Fsp3) is 0.353. The molecule has 1 amide bonds. The predicted octanol–water partition coefficient (Wildman–Crippen LogP) is 5.56. The van der Waals surface area contributed by atoms with E-state index in [1.54, 1.807) is 16.6 Å². The number of thiocarbonyl (C=S) groups is 1. The van der Waals surface area contributed by atoms with E-state index in [1.165, 1.54) is 17.3 Å². The van der Waals surface area contributed by atoms with Gasteiger partial charge in [0.2, 0.25) is 0 Å². The van der Waals surface area contributed by atoms with E-state index in [0.29, 0.717) is 27.9 Å². The smallest absolute Gasteiger partial charge is 0.270 e. The van der Waals surface area contributed by atoms with E-state index in [9.17, 15) is 14.9 Å². The van der Waals surface area contributed by atoms with Gasteiger partial charge in [0.15, 0.2) is 0 Å². The molecule has 10 heteroatoms. The molecule has 2 fully saturated rings. The molecule has 0 atom stereocenters. The number of piperazine rings is 1. The number of carbonyl (C=O) groups excluding carboxylic acids is 1. The second-order valence-corrected chi connectivity index (χ2v) is 12.7. The third kappa shape index (κ3) is 6.75. The lowest BCUT2D eigenvalue weighted by atomic mass is 10.0. The average Bonchev–Trinajstić information content (AvgIpc) is 3.30. The summed E-state index contributed by atoms with van der Waals surface area (Å²) in [6.45, 7) is 8.73. The van der Waals surface area contributed by atoms with E-state index >= 15 is 0 Å². The minimum atomic E-state index is -0.274. The molecular weight excluding hydrogens is 591 g/mol. The van der Waals surface area contributed by atoms with Gasteiger partial charge in [0.1, 0.15) is 27.5 Å². The van der Waals surface area contributed by atoms with Gasteiger partial charge in [-0.3, -0.25) is 24.0 Å². The van der Waals surface area contributed by atoms with Crippen LogP contribution in [0, 0.1) is 18.3 Å². The van der Waals surface area contributed by atoms with E-state index < -0.39 is 0 Å². The highest BCUT2D eigenvalue weighted by Gasteiger charge is 2.34. The lowest BCUT2D eigenvalue weighted by molar-refractivity contribution is -0.122. The Morgan fingerprint density at radius 1 is 1.00 bits per heavy atom. The molecule has 5 rings (SSSR count). The summed E-state index contributed by atoms with van der Waals surface area (Å²) < 4.78 is 7.49. The molecule has 0 N–H and O–H groups in total. The fourth-order valence-corrected chi connectivity index (χ4v) is 6.89. The SMILES string of the molecule is CCCCn1c(N2CCN(Cc3ccccc3)CC2)c(/C=C2\SC(=S)N(Cc3ccc(OC)cc3)C2=O)c(C)c(C#N)c1=O. The zero-order chi connectivity index (χ0) is 31.2. The number of benzene rings is 2. The first kappa shape index (κ1) is 31.5. The summed E-state index contributed by atoms with van der Waals surface area (Å²) in [4.78, 5) is 34.1. The summed E-state index contributed by atoms with van der Waals surface area (Å²) in [6.07, 6.45) is 3.56. The van der Waals surface area contributed by atoms with Crippen LogP contribution < -0.4 is 15.2 Å². The summed E-state index contributed by atoms with van der Waals surface area (Å²) in [5, 5.41) is 10.0. The molecule has 1 aromatic heterocycles. The number of methoxy groups -OCH3 is 1. The number of amides is 1. The second kappa shape index (κ2) is 14.2. The highest BCUT2D eigenvalue weighted by Crippen LogP contribution is 2.37. The summed E-state index contributed by atoms with van der Waals surface area (Å²) >= 11 is 6.91. The third-order valence-corrected chi connectivity index (χ3v) is 9.53. The maximum atomic E-state index is 13.7. The quantitative estimate of drug-likeness (QED) is 0.214. The van der Waals surface area contributed by atoms with Gasteiger partial charge in [-0.2, -0.15) is 5.26 Å². The van der Waals surface area contributed by atoms with Crippen LogP contribution >= 0.6 is 24.0 Å². The summed E-state index contributed by atoms with van der Waals surface area (Å²) in [7, 11) is 1.62. The standard InChI is InChI=1S/C34H37N5O3S2/c1-4-5-15-38-31(37-18-16-36(17-19-37)22-25-9-7-6-8-10-25)28(24(2)29(21-35)32(38)40)20-30-33(41)39(34(43)44-30)23-26-11-13-27(42-3)14-12-26/h6-14,20H,4-5,15-19,22-23H2,1-3H3/b30-20-. The lowest BCUT2D eigenvalue weighted by Crippen LogP contribution is -2.48. The van der Waals surface area contributed by atoms with Crippen LogP contribution in [0.2, 0.25) is 0 Å². The van der Waals surface area contributed by atoms with Gasteiger partial charge in [0.05, 0.1) is 18.6 Å². The van der Waals surface area contributed by atoms with Crippen LogP contribution in [0.4, 0.5) is 5.82 Å². The van der Waals surface area contributed by atoms with Crippen molar-refractivity contribution >= 4 is 46.1 Å². The number of ether oxygens (including phenoxy) is 1. The van der Waals surface area contributed by atoms with E-state index in [2.05, 4.69) is 47.1 Å². The van der Waals surface area contributed by atoms with Gasteiger partial charge in [-0.25, -0.2) is 0 Å². The van der Waals surface area contributed by atoms with Gasteiger partial charge in [0, 0.05) is 44.8 Å². The maximum absolute atomic E-state index is 13.7. The van der Waals surface area contributed by atoms with Crippen LogP contribution in [0.25, 0.3) is 6.08 Å². The van der Waals surface area contributed by atoms with Crippen LogP contribution in [0.3, 0.4) is 0 Å². The Kier molecular flexibility index (Phi) is 10.2. The molecule has 2 aliphatic rings. The summed E-state index contributed by atoms with van der Waals surface area (Å²) in [6, 6.07) is 20.1. The molecule has 0 aliphatic carbocycles. The molecular formula is C34H37N5O3S2. The molecule has 0 unspecified atom stereocenters. The molecule has 3 aromatic rings. The average molecular weight is 628 g/mol. The number of nitriles is 1. The van der Waals surface area contributed by atoms with Crippen LogP contribution in [0.15, 0.2) is 64.3 Å². The number of aromatic nitrogens is 1. The minimum Gasteiger partial charge on any atom is -0.497 e. The first-order valence-corrected chi connectivity index (χ1v) is 16.1. The van der Waals surface area contributed by atoms with Crippen molar-refractivity contribution in [3.8, 4) is 11.8 Å². The Morgan fingerprint density at radius 2 is 1.68 bits per heavy atom. The number of hydrogen-bond acceptors (Lipinski definition) is 8.